The van der Waals surface area contributed by atoms with Gasteiger partial charge in [-0.05, 0) is 37.8 Å². The molecule has 0 aliphatic carbocycles. The van der Waals surface area contributed by atoms with Crippen LogP contribution in [0.4, 0.5) is 10.5 Å². The topological polar surface area (TPSA) is 69.8 Å². The van der Waals surface area contributed by atoms with Gasteiger partial charge in [-0.2, -0.15) is 5.10 Å². The first-order valence-corrected chi connectivity index (χ1v) is 6.55. The van der Waals surface area contributed by atoms with E-state index < -0.39 is 0 Å². The average molecular weight is 264 g/mol. The van der Waals surface area contributed by atoms with E-state index in [1.54, 1.807) is 11.3 Å². The number of hydrogen-bond acceptors (Lipinski definition) is 3. The fourth-order valence-corrected chi connectivity index (χ4v) is 2.48. The first-order valence-electron chi connectivity index (χ1n) is 5.67. The summed E-state index contributed by atoms with van der Waals surface area (Å²) in [6, 6.07) is 1.83. The molecule has 0 spiro atoms. The molecule has 6 heteroatoms. The Morgan fingerprint density at radius 1 is 1.44 bits per heavy atom. The van der Waals surface area contributed by atoms with Crippen LogP contribution in [0.2, 0.25) is 0 Å². The second kappa shape index (κ2) is 5.22. The highest BCUT2D eigenvalue weighted by Gasteiger charge is 2.10. The number of rotatable bonds is 3. The molecule has 0 radical (unpaired) electrons. The Bertz CT molecular complexity index is 539. The molecule has 0 unspecified atom stereocenters. The Morgan fingerprint density at radius 2 is 2.22 bits per heavy atom. The van der Waals surface area contributed by atoms with Gasteiger partial charge in [0.25, 0.3) is 0 Å². The Labute approximate surface area is 110 Å². The van der Waals surface area contributed by atoms with Gasteiger partial charge in [0.2, 0.25) is 0 Å². The van der Waals surface area contributed by atoms with Crippen molar-refractivity contribution in [3.63, 3.8) is 0 Å². The van der Waals surface area contributed by atoms with Gasteiger partial charge in [-0.25, -0.2) is 4.79 Å². The third-order valence-corrected chi connectivity index (χ3v) is 3.77. The molecule has 96 valence electrons. The van der Waals surface area contributed by atoms with Crippen LogP contribution in [-0.2, 0) is 6.54 Å². The van der Waals surface area contributed by atoms with Crippen molar-refractivity contribution in [2.75, 3.05) is 5.32 Å². The van der Waals surface area contributed by atoms with Gasteiger partial charge in [-0.3, -0.25) is 5.10 Å². The Hall–Kier alpha value is -1.82. The third-order valence-electron chi connectivity index (χ3n) is 2.74. The summed E-state index contributed by atoms with van der Waals surface area (Å²) in [5.74, 6) is 0. The van der Waals surface area contributed by atoms with E-state index in [1.807, 2.05) is 32.2 Å². The molecule has 18 heavy (non-hydrogen) atoms. The molecule has 0 bridgehead atoms. The zero-order valence-corrected chi connectivity index (χ0v) is 11.4. The van der Waals surface area contributed by atoms with Gasteiger partial charge < -0.3 is 10.6 Å². The van der Waals surface area contributed by atoms with Gasteiger partial charge in [-0.15, -0.1) is 11.3 Å². The highest BCUT2D eigenvalue weighted by Crippen LogP contribution is 2.17. The van der Waals surface area contributed by atoms with Crippen LogP contribution in [-0.4, -0.2) is 16.2 Å². The molecule has 0 aliphatic heterocycles. The number of H-pyrrole nitrogens is 1. The maximum absolute atomic E-state index is 11.8. The summed E-state index contributed by atoms with van der Waals surface area (Å²) in [7, 11) is 0. The van der Waals surface area contributed by atoms with Crippen LogP contribution in [0.25, 0.3) is 0 Å². The molecule has 0 atom stereocenters. The number of nitrogens with one attached hydrogen (secondary N) is 3. The summed E-state index contributed by atoms with van der Waals surface area (Å²) in [5.41, 5.74) is 3.59. The lowest BCUT2D eigenvalue weighted by molar-refractivity contribution is 0.252. The monoisotopic (exact) mass is 264 g/mol. The minimum absolute atomic E-state index is 0.213. The van der Waals surface area contributed by atoms with E-state index in [4.69, 9.17) is 0 Å². The molecule has 0 aliphatic rings. The zero-order valence-electron chi connectivity index (χ0n) is 10.6. The quantitative estimate of drug-likeness (QED) is 0.797. The molecule has 5 nitrogen and oxygen atoms in total. The van der Waals surface area contributed by atoms with Crippen molar-refractivity contribution in [2.45, 2.75) is 27.3 Å². The maximum atomic E-state index is 11.8. The van der Waals surface area contributed by atoms with E-state index in [1.165, 1.54) is 10.4 Å². The van der Waals surface area contributed by atoms with Crippen molar-refractivity contribution >= 4 is 23.1 Å². The van der Waals surface area contributed by atoms with Crippen molar-refractivity contribution in [2.24, 2.45) is 0 Å². The molecule has 3 N–H and O–H groups in total. The summed E-state index contributed by atoms with van der Waals surface area (Å²) >= 11 is 1.64. The second-order valence-electron chi connectivity index (χ2n) is 4.14. The van der Waals surface area contributed by atoms with E-state index in [0.29, 0.717) is 6.54 Å². The number of aryl methyl sites for hydroxylation is 3. The lowest BCUT2D eigenvalue weighted by Crippen LogP contribution is -2.28. The predicted molar refractivity (Wildman–Crippen MR) is 73.0 cm³/mol. The number of thiophene rings is 1. The first-order chi connectivity index (χ1) is 8.58. The number of aromatic amines is 1. The Kier molecular flexibility index (Phi) is 3.66. The molecule has 0 saturated heterocycles. The summed E-state index contributed by atoms with van der Waals surface area (Å²) in [6.45, 7) is 6.31. The van der Waals surface area contributed by atoms with Gasteiger partial charge >= 0.3 is 6.03 Å². The van der Waals surface area contributed by atoms with Crippen LogP contribution in [0.5, 0.6) is 0 Å². The van der Waals surface area contributed by atoms with Crippen LogP contribution in [0, 0.1) is 20.8 Å². The molecule has 0 fully saturated rings. The van der Waals surface area contributed by atoms with Crippen LogP contribution < -0.4 is 10.6 Å². The smallest absolute Gasteiger partial charge is 0.319 e. The van der Waals surface area contributed by atoms with E-state index in [-0.39, 0.29) is 6.03 Å². The van der Waals surface area contributed by atoms with Gasteiger partial charge in [-0.1, -0.05) is 0 Å². The number of amides is 2. The molecule has 2 aromatic heterocycles. The number of nitrogens with zero attached hydrogens (tertiary/aromatic N) is 1. The zero-order chi connectivity index (χ0) is 13.1. The summed E-state index contributed by atoms with van der Waals surface area (Å²) < 4.78 is 0. The first kappa shape index (κ1) is 12.6. The molecule has 2 amide bonds. The van der Waals surface area contributed by atoms with Crippen molar-refractivity contribution in [3.8, 4) is 0 Å². The summed E-state index contributed by atoms with van der Waals surface area (Å²) in [5, 5.41) is 14.5. The molecular formula is C12H16N4OS. The standard InChI is InChI=1S/C12H16N4OS/c1-7-4-5-18-10(7)6-13-12(17)14-11-8(2)15-16-9(11)3/h4-5H,6H2,1-3H3,(H,15,16)(H2,13,14,17). The van der Waals surface area contributed by atoms with Crippen LogP contribution in [0.15, 0.2) is 11.4 Å². The lowest BCUT2D eigenvalue weighted by atomic mass is 10.3. The number of hydrogen-bond donors (Lipinski definition) is 3. The summed E-state index contributed by atoms with van der Waals surface area (Å²) in [4.78, 5) is 12.9. The van der Waals surface area contributed by atoms with Crippen molar-refractivity contribution in [1.29, 1.82) is 0 Å². The molecule has 2 heterocycles. The highest BCUT2D eigenvalue weighted by atomic mass is 32.1. The lowest BCUT2D eigenvalue weighted by Gasteiger charge is -2.07. The second-order valence-corrected chi connectivity index (χ2v) is 5.14. The van der Waals surface area contributed by atoms with E-state index >= 15 is 0 Å². The average Bonchev–Trinajstić information content (AvgIpc) is 2.87. The molecule has 2 aromatic rings. The van der Waals surface area contributed by atoms with Crippen molar-refractivity contribution < 1.29 is 4.79 Å². The minimum atomic E-state index is -0.213. The highest BCUT2D eigenvalue weighted by molar-refractivity contribution is 7.10. The number of carbonyl (C=O) groups is 1. The number of aromatic nitrogens is 2. The van der Waals surface area contributed by atoms with Crippen LogP contribution in [0.1, 0.15) is 21.8 Å². The fraction of sp³-hybridized carbons (Fsp3) is 0.333. The maximum Gasteiger partial charge on any atom is 0.319 e. The normalized spacial score (nSPS) is 10.4. The molecule has 0 saturated carbocycles. The SMILES string of the molecule is Cc1ccsc1CNC(=O)Nc1c(C)n[nH]c1C. The number of carbonyl (C=O) groups excluding carboxylic acids is 1. The number of urea groups is 1. The van der Waals surface area contributed by atoms with Gasteiger partial charge in [0, 0.05) is 4.88 Å². The van der Waals surface area contributed by atoms with Crippen molar-refractivity contribution in [1.82, 2.24) is 15.5 Å². The van der Waals surface area contributed by atoms with Gasteiger partial charge in [0.1, 0.15) is 0 Å². The molecular weight excluding hydrogens is 248 g/mol. The largest absolute Gasteiger partial charge is 0.333 e. The fourth-order valence-electron chi connectivity index (χ4n) is 1.64. The summed E-state index contributed by atoms with van der Waals surface area (Å²) in [6.07, 6.45) is 0. The van der Waals surface area contributed by atoms with Crippen molar-refractivity contribution in [3.05, 3.63) is 33.3 Å². The molecule has 2 rings (SSSR count). The van der Waals surface area contributed by atoms with E-state index in [9.17, 15) is 4.79 Å². The van der Waals surface area contributed by atoms with Gasteiger partial charge in [0.15, 0.2) is 0 Å². The van der Waals surface area contributed by atoms with Crippen LogP contribution in [0.3, 0.4) is 0 Å². The van der Waals surface area contributed by atoms with Gasteiger partial charge in [0.05, 0.1) is 23.6 Å². The predicted octanol–water partition coefficient (Wildman–Crippen LogP) is 2.72. The Balaban J connectivity index is 1.92. The van der Waals surface area contributed by atoms with Crippen LogP contribution >= 0.6 is 11.3 Å². The van der Waals surface area contributed by atoms with E-state index in [2.05, 4.69) is 20.8 Å². The molecule has 0 aromatic carbocycles. The minimum Gasteiger partial charge on any atom is -0.333 e. The third kappa shape index (κ3) is 2.70. The van der Waals surface area contributed by atoms with E-state index in [0.717, 1.165) is 17.1 Å². The number of anilines is 1. The Morgan fingerprint density at radius 3 is 2.78 bits per heavy atom.